The highest BCUT2D eigenvalue weighted by Gasteiger charge is 2.33. The van der Waals surface area contributed by atoms with Crippen LogP contribution in [0.25, 0.3) is 0 Å². The van der Waals surface area contributed by atoms with Gasteiger partial charge in [-0.25, -0.2) is 0 Å². The molecular weight excluding hydrogens is 260 g/mol. The predicted molar refractivity (Wildman–Crippen MR) is 86.7 cm³/mol. The molecule has 2 saturated heterocycles. The summed E-state index contributed by atoms with van der Waals surface area (Å²) in [6, 6.07) is 3.45. The van der Waals surface area contributed by atoms with Gasteiger partial charge in [0.15, 0.2) is 0 Å². The lowest BCUT2D eigenvalue weighted by Gasteiger charge is -2.44. The predicted octanol–water partition coefficient (Wildman–Crippen LogP) is 2.62. The summed E-state index contributed by atoms with van der Waals surface area (Å²) >= 11 is 0. The Balaban J connectivity index is 1.47. The van der Waals surface area contributed by atoms with Crippen LogP contribution in [0.5, 0.6) is 0 Å². The minimum absolute atomic E-state index is 0.588. The second-order valence-electron chi connectivity index (χ2n) is 7.04. The van der Waals surface area contributed by atoms with Crippen molar-refractivity contribution in [2.45, 2.75) is 58.5 Å². The van der Waals surface area contributed by atoms with Crippen molar-refractivity contribution in [3.8, 4) is 0 Å². The third-order valence-electron chi connectivity index (χ3n) is 5.13. The quantitative estimate of drug-likeness (QED) is 0.852. The molecule has 2 fully saturated rings. The van der Waals surface area contributed by atoms with Crippen LogP contribution in [-0.2, 0) is 0 Å². The lowest BCUT2D eigenvalue weighted by atomic mass is 10.1. The van der Waals surface area contributed by atoms with Crippen molar-refractivity contribution in [2.24, 2.45) is 0 Å². The second kappa shape index (κ2) is 6.49. The number of rotatable bonds is 4. The van der Waals surface area contributed by atoms with Gasteiger partial charge < -0.3 is 4.90 Å². The molecule has 0 aliphatic carbocycles. The van der Waals surface area contributed by atoms with E-state index in [9.17, 15) is 0 Å². The minimum atomic E-state index is 0.588. The fourth-order valence-electron chi connectivity index (χ4n) is 3.83. The molecular formula is C17H30N4. The van der Waals surface area contributed by atoms with E-state index in [1.807, 2.05) is 0 Å². The first kappa shape index (κ1) is 15.0. The Morgan fingerprint density at radius 3 is 2.38 bits per heavy atom. The Morgan fingerprint density at radius 2 is 1.81 bits per heavy atom. The number of nitrogens with zero attached hydrogens (tertiary/aromatic N) is 4. The zero-order valence-corrected chi connectivity index (χ0v) is 13.9. The summed E-state index contributed by atoms with van der Waals surface area (Å²) in [5.74, 6) is 0. The molecule has 0 spiro atoms. The van der Waals surface area contributed by atoms with Gasteiger partial charge in [0.25, 0.3) is 0 Å². The van der Waals surface area contributed by atoms with E-state index in [1.54, 1.807) is 0 Å². The smallest absolute Gasteiger partial charge is 0.0776 e. The highest BCUT2D eigenvalue weighted by molar-refractivity contribution is 5.09. The number of hydrogen-bond acceptors (Lipinski definition) is 3. The molecule has 0 saturated carbocycles. The lowest BCUT2D eigenvalue weighted by molar-refractivity contribution is 0.0414. The Hall–Kier alpha value is -0.870. The lowest BCUT2D eigenvalue weighted by Crippen LogP contribution is -2.55. The van der Waals surface area contributed by atoms with E-state index in [2.05, 4.69) is 46.4 Å². The fraction of sp³-hybridized carbons (Fsp3) is 0.824. The van der Waals surface area contributed by atoms with Crippen LogP contribution >= 0.6 is 0 Å². The summed E-state index contributed by atoms with van der Waals surface area (Å²) < 4.78 is 2.23. The maximum absolute atomic E-state index is 4.63. The fourth-order valence-corrected chi connectivity index (χ4v) is 3.83. The molecule has 3 rings (SSSR count). The molecule has 3 heterocycles. The number of aromatic nitrogens is 2. The molecule has 0 aromatic carbocycles. The maximum atomic E-state index is 4.63. The van der Waals surface area contributed by atoms with Crippen molar-refractivity contribution in [3.05, 3.63) is 17.5 Å². The molecule has 4 heteroatoms. The van der Waals surface area contributed by atoms with E-state index in [0.29, 0.717) is 12.1 Å². The molecule has 21 heavy (non-hydrogen) atoms. The average Bonchev–Trinajstić information content (AvgIpc) is 2.60. The molecule has 0 radical (unpaired) electrons. The SMILES string of the molecule is Cc1cc(C)n(C2CN(C(C)CN3CCCCCC3)C2)n1. The third kappa shape index (κ3) is 3.49. The van der Waals surface area contributed by atoms with Crippen LogP contribution in [0.15, 0.2) is 6.07 Å². The summed E-state index contributed by atoms with van der Waals surface area (Å²) in [7, 11) is 0. The Morgan fingerprint density at radius 1 is 1.14 bits per heavy atom. The second-order valence-corrected chi connectivity index (χ2v) is 7.04. The first-order valence-corrected chi connectivity index (χ1v) is 8.62. The van der Waals surface area contributed by atoms with Crippen molar-refractivity contribution in [2.75, 3.05) is 32.7 Å². The molecule has 1 aromatic heterocycles. The van der Waals surface area contributed by atoms with Gasteiger partial charge in [0.1, 0.15) is 0 Å². The minimum Gasteiger partial charge on any atom is -0.302 e. The molecule has 0 N–H and O–H groups in total. The summed E-state index contributed by atoms with van der Waals surface area (Å²) in [6.07, 6.45) is 5.63. The van der Waals surface area contributed by atoms with Gasteiger partial charge in [-0.2, -0.15) is 5.10 Å². The van der Waals surface area contributed by atoms with Crippen molar-refractivity contribution < 1.29 is 0 Å². The van der Waals surface area contributed by atoms with Gasteiger partial charge in [-0.1, -0.05) is 12.8 Å². The Bertz CT molecular complexity index is 453. The molecule has 1 atom stereocenters. The van der Waals surface area contributed by atoms with E-state index in [-0.39, 0.29) is 0 Å². The van der Waals surface area contributed by atoms with Gasteiger partial charge >= 0.3 is 0 Å². The monoisotopic (exact) mass is 290 g/mol. The van der Waals surface area contributed by atoms with E-state index in [0.717, 1.165) is 18.8 Å². The summed E-state index contributed by atoms with van der Waals surface area (Å²) in [5, 5.41) is 4.63. The Kier molecular flexibility index (Phi) is 4.65. The first-order valence-electron chi connectivity index (χ1n) is 8.62. The molecule has 1 aromatic rings. The molecule has 118 valence electrons. The standard InChI is InChI=1S/C17H30N4/c1-14-10-15(2)21(18-14)17-12-20(13-17)16(3)11-19-8-6-4-5-7-9-19/h10,16-17H,4-9,11-13H2,1-3H3. The molecule has 1 unspecified atom stereocenters. The average molecular weight is 290 g/mol. The Labute approximate surface area is 129 Å². The van der Waals surface area contributed by atoms with Crippen LogP contribution in [0.1, 0.15) is 50.0 Å². The van der Waals surface area contributed by atoms with Crippen molar-refractivity contribution in [1.82, 2.24) is 19.6 Å². The molecule has 2 aliphatic rings. The van der Waals surface area contributed by atoms with E-state index in [4.69, 9.17) is 0 Å². The van der Waals surface area contributed by atoms with Crippen molar-refractivity contribution in [1.29, 1.82) is 0 Å². The van der Waals surface area contributed by atoms with Crippen LogP contribution < -0.4 is 0 Å². The molecule has 0 bridgehead atoms. The van der Waals surface area contributed by atoms with Crippen LogP contribution in [0.2, 0.25) is 0 Å². The van der Waals surface area contributed by atoms with Crippen molar-refractivity contribution >= 4 is 0 Å². The normalized spacial score (nSPS) is 23.8. The number of likely N-dealkylation sites (tertiary alicyclic amines) is 2. The third-order valence-corrected chi connectivity index (χ3v) is 5.13. The summed E-state index contributed by atoms with van der Waals surface area (Å²) in [4.78, 5) is 5.29. The van der Waals surface area contributed by atoms with Crippen molar-refractivity contribution in [3.63, 3.8) is 0 Å². The highest BCUT2D eigenvalue weighted by Crippen LogP contribution is 2.25. The molecule has 4 nitrogen and oxygen atoms in total. The van der Waals surface area contributed by atoms with Crippen LogP contribution in [-0.4, -0.2) is 58.3 Å². The molecule has 2 aliphatic heterocycles. The number of aryl methyl sites for hydroxylation is 2. The largest absolute Gasteiger partial charge is 0.302 e. The summed E-state index contributed by atoms with van der Waals surface area (Å²) in [5.41, 5.74) is 2.45. The van der Waals surface area contributed by atoms with Gasteiger partial charge in [0.2, 0.25) is 0 Å². The van der Waals surface area contributed by atoms with Gasteiger partial charge in [-0.15, -0.1) is 0 Å². The van der Waals surface area contributed by atoms with Crippen LogP contribution in [0, 0.1) is 13.8 Å². The van der Waals surface area contributed by atoms with E-state index < -0.39 is 0 Å². The van der Waals surface area contributed by atoms with Crippen LogP contribution in [0.3, 0.4) is 0 Å². The van der Waals surface area contributed by atoms with Gasteiger partial charge in [0, 0.05) is 31.4 Å². The first-order chi connectivity index (χ1) is 10.1. The topological polar surface area (TPSA) is 24.3 Å². The van der Waals surface area contributed by atoms with E-state index in [1.165, 1.54) is 51.0 Å². The van der Waals surface area contributed by atoms with E-state index >= 15 is 0 Å². The molecule has 0 amide bonds. The zero-order chi connectivity index (χ0) is 14.8. The van der Waals surface area contributed by atoms with Crippen LogP contribution in [0.4, 0.5) is 0 Å². The highest BCUT2D eigenvalue weighted by atomic mass is 15.4. The zero-order valence-electron chi connectivity index (χ0n) is 13.9. The van der Waals surface area contributed by atoms with Gasteiger partial charge in [-0.05, 0) is 52.8 Å². The summed E-state index contributed by atoms with van der Waals surface area (Å²) in [6.45, 7) is 12.8. The van der Waals surface area contributed by atoms with Gasteiger partial charge in [0.05, 0.1) is 11.7 Å². The van der Waals surface area contributed by atoms with Gasteiger partial charge in [-0.3, -0.25) is 9.58 Å². The maximum Gasteiger partial charge on any atom is 0.0776 e. The number of hydrogen-bond donors (Lipinski definition) is 0.